The van der Waals surface area contributed by atoms with Gasteiger partial charge in [0.1, 0.15) is 12.4 Å². The number of fused-ring (bicyclic) bond motifs is 1. The van der Waals surface area contributed by atoms with E-state index in [1.54, 1.807) is 0 Å². The van der Waals surface area contributed by atoms with E-state index < -0.39 is 11.9 Å². The monoisotopic (exact) mass is 399 g/mol. The fourth-order valence-corrected chi connectivity index (χ4v) is 2.37. The summed E-state index contributed by atoms with van der Waals surface area (Å²) in [6, 6.07) is 12.2. The molecule has 130 valence electrons. The van der Waals surface area contributed by atoms with Gasteiger partial charge in [-0.15, -0.1) is 0 Å². The van der Waals surface area contributed by atoms with Gasteiger partial charge >= 0.3 is 11.9 Å². The van der Waals surface area contributed by atoms with Gasteiger partial charge < -0.3 is 25.4 Å². The molecule has 0 aliphatic rings. The maximum atomic E-state index is 9.10. The highest BCUT2D eigenvalue weighted by Crippen LogP contribution is 2.32. The Balaban J connectivity index is 0.000000413. The van der Waals surface area contributed by atoms with Crippen LogP contribution in [0.25, 0.3) is 10.8 Å². The Hall–Kier alpha value is -2.16. The minimum atomic E-state index is -1.82. The second kappa shape index (κ2) is 10.6. The quantitative estimate of drug-likeness (QED) is 0.431. The van der Waals surface area contributed by atoms with Crippen LogP contribution in [0.5, 0.6) is 5.75 Å². The third-order valence-corrected chi connectivity index (χ3v) is 3.65. The number of carbonyl (C=O) groups is 2. The predicted molar refractivity (Wildman–Crippen MR) is 92.4 cm³/mol. The zero-order valence-corrected chi connectivity index (χ0v) is 14.3. The molecule has 0 aromatic heterocycles. The number of hydrogen-bond donors (Lipinski definition) is 4. The molecule has 0 bridgehead atoms. The lowest BCUT2D eigenvalue weighted by atomic mass is 10.1. The Labute approximate surface area is 147 Å². The smallest absolute Gasteiger partial charge is 0.414 e. The Morgan fingerprint density at radius 2 is 1.71 bits per heavy atom. The number of nitrogens with one attached hydrogen (secondary N) is 1. The fraction of sp³-hybridized carbons (Fsp3) is 0.250. The summed E-state index contributed by atoms with van der Waals surface area (Å²) in [4.78, 5) is 18.2. The van der Waals surface area contributed by atoms with E-state index in [-0.39, 0.29) is 6.61 Å². The van der Waals surface area contributed by atoms with Crippen molar-refractivity contribution in [3.63, 3.8) is 0 Å². The Kier molecular flexibility index (Phi) is 8.77. The topological polar surface area (TPSA) is 116 Å². The van der Waals surface area contributed by atoms with Crippen molar-refractivity contribution in [2.75, 3.05) is 26.3 Å². The van der Waals surface area contributed by atoms with Crippen LogP contribution >= 0.6 is 15.9 Å². The van der Waals surface area contributed by atoms with Crippen LogP contribution in [0.4, 0.5) is 0 Å². The van der Waals surface area contributed by atoms with Gasteiger partial charge in [-0.1, -0.05) is 30.3 Å². The summed E-state index contributed by atoms with van der Waals surface area (Å²) in [6.45, 7) is 2.05. The average molecular weight is 400 g/mol. The van der Waals surface area contributed by atoms with E-state index in [9.17, 15) is 0 Å². The molecule has 0 heterocycles. The largest absolute Gasteiger partial charge is 0.491 e. The molecule has 7 nitrogen and oxygen atoms in total. The van der Waals surface area contributed by atoms with Gasteiger partial charge in [0, 0.05) is 13.1 Å². The molecule has 0 saturated carbocycles. The number of carboxylic acids is 2. The minimum absolute atomic E-state index is 0.152. The van der Waals surface area contributed by atoms with Crippen LogP contribution in [0.3, 0.4) is 0 Å². The third kappa shape index (κ3) is 6.53. The molecule has 2 aromatic rings. The van der Waals surface area contributed by atoms with Crippen LogP contribution in [0.2, 0.25) is 0 Å². The number of rotatable bonds is 6. The molecule has 24 heavy (non-hydrogen) atoms. The molecule has 0 amide bonds. The summed E-state index contributed by atoms with van der Waals surface area (Å²) in [7, 11) is 0. The molecule has 2 rings (SSSR count). The second-order valence-electron chi connectivity index (χ2n) is 4.53. The van der Waals surface area contributed by atoms with Crippen molar-refractivity contribution >= 4 is 38.6 Å². The van der Waals surface area contributed by atoms with Crippen molar-refractivity contribution in [2.45, 2.75) is 0 Å². The van der Waals surface area contributed by atoms with Crippen LogP contribution < -0.4 is 10.1 Å². The molecule has 0 aliphatic heterocycles. The molecular weight excluding hydrogens is 382 g/mol. The van der Waals surface area contributed by atoms with Gasteiger partial charge in [0.15, 0.2) is 0 Å². The number of aliphatic hydroxyl groups is 1. The second-order valence-corrected chi connectivity index (χ2v) is 5.32. The van der Waals surface area contributed by atoms with Gasteiger partial charge in [-0.05, 0) is 32.8 Å². The fourth-order valence-electron chi connectivity index (χ4n) is 1.76. The van der Waals surface area contributed by atoms with Gasteiger partial charge in [-0.3, -0.25) is 0 Å². The van der Waals surface area contributed by atoms with Crippen LogP contribution in [0.1, 0.15) is 0 Å². The molecule has 4 N–H and O–H groups in total. The predicted octanol–water partition coefficient (Wildman–Crippen LogP) is 1.72. The van der Waals surface area contributed by atoms with E-state index in [1.165, 1.54) is 5.39 Å². The van der Waals surface area contributed by atoms with Gasteiger partial charge in [0.2, 0.25) is 0 Å². The zero-order valence-electron chi connectivity index (χ0n) is 12.7. The molecule has 2 aromatic carbocycles. The van der Waals surface area contributed by atoms with E-state index >= 15 is 0 Å². The summed E-state index contributed by atoms with van der Waals surface area (Å²) < 4.78 is 6.69. The lowest BCUT2D eigenvalue weighted by Crippen LogP contribution is -2.24. The number of ether oxygens (including phenoxy) is 1. The number of aliphatic hydroxyl groups excluding tert-OH is 1. The van der Waals surface area contributed by atoms with E-state index in [0.717, 1.165) is 22.2 Å². The van der Waals surface area contributed by atoms with Crippen molar-refractivity contribution in [2.24, 2.45) is 0 Å². The first-order valence-electron chi connectivity index (χ1n) is 7.05. The van der Waals surface area contributed by atoms with Crippen molar-refractivity contribution in [3.8, 4) is 5.75 Å². The Morgan fingerprint density at radius 3 is 2.33 bits per heavy atom. The van der Waals surface area contributed by atoms with Gasteiger partial charge in [0.25, 0.3) is 0 Å². The summed E-state index contributed by atoms with van der Waals surface area (Å²) in [5, 5.41) is 28.8. The average Bonchev–Trinajstić information content (AvgIpc) is 2.57. The number of carboxylic acid groups (broad SMARTS) is 2. The van der Waals surface area contributed by atoms with E-state index in [4.69, 9.17) is 29.6 Å². The van der Waals surface area contributed by atoms with Gasteiger partial charge in [-0.25, -0.2) is 9.59 Å². The number of benzene rings is 2. The molecule has 0 radical (unpaired) electrons. The van der Waals surface area contributed by atoms with Crippen LogP contribution in [0, 0.1) is 0 Å². The Bertz CT molecular complexity index is 679. The van der Waals surface area contributed by atoms with Crippen LogP contribution in [0.15, 0.2) is 40.9 Å². The SMILES string of the molecule is O=C(O)C(=O)O.OCCNCCOc1ccc2ccccc2c1Br. The Morgan fingerprint density at radius 1 is 1.04 bits per heavy atom. The molecule has 0 atom stereocenters. The van der Waals surface area contributed by atoms with Crippen molar-refractivity contribution in [3.05, 3.63) is 40.9 Å². The molecule has 0 aliphatic carbocycles. The summed E-state index contributed by atoms with van der Waals surface area (Å²) in [5.41, 5.74) is 0. The summed E-state index contributed by atoms with van der Waals surface area (Å²) >= 11 is 3.58. The first-order valence-corrected chi connectivity index (χ1v) is 7.84. The summed E-state index contributed by atoms with van der Waals surface area (Å²) in [5.74, 6) is -2.80. The summed E-state index contributed by atoms with van der Waals surface area (Å²) in [6.07, 6.45) is 0. The van der Waals surface area contributed by atoms with E-state index in [2.05, 4.69) is 39.4 Å². The van der Waals surface area contributed by atoms with E-state index in [0.29, 0.717) is 13.2 Å². The molecule has 8 heteroatoms. The van der Waals surface area contributed by atoms with Crippen molar-refractivity contribution in [1.82, 2.24) is 5.32 Å². The minimum Gasteiger partial charge on any atom is -0.491 e. The number of halogens is 1. The first kappa shape index (κ1) is 19.9. The maximum Gasteiger partial charge on any atom is 0.414 e. The van der Waals surface area contributed by atoms with Crippen LogP contribution in [-0.4, -0.2) is 53.6 Å². The zero-order chi connectivity index (χ0) is 17.9. The third-order valence-electron chi connectivity index (χ3n) is 2.84. The van der Waals surface area contributed by atoms with Crippen LogP contribution in [-0.2, 0) is 9.59 Å². The van der Waals surface area contributed by atoms with Gasteiger partial charge in [-0.2, -0.15) is 0 Å². The highest BCUT2D eigenvalue weighted by Gasteiger charge is 2.05. The molecule has 0 fully saturated rings. The highest BCUT2D eigenvalue weighted by molar-refractivity contribution is 9.10. The molecule has 0 saturated heterocycles. The van der Waals surface area contributed by atoms with E-state index in [1.807, 2.05) is 18.2 Å². The number of aliphatic carboxylic acids is 2. The maximum absolute atomic E-state index is 9.10. The lowest BCUT2D eigenvalue weighted by Gasteiger charge is -2.10. The van der Waals surface area contributed by atoms with Crippen molar-refractivity contribution < 1.29 is 29.6 Å². The normalized spacial score (nSPS) is 9.92. The van der Waals surface area contributed by atoms with Crippen molar-refractivity contribution in [1.29, 1.82) is 0 Å². The lowest BCUT2D eigenvalue weighted by molar-refractivity contribution is -0.159. The highest BCUT2D eigenvalue weighted by atomic mass is 79.9. The number of hydrogen-bond acceptors (Lipinski definition) is 5. The molecule has 0 spiro atoms. The standard InChI is InChI=1S/C14H16BrNO2.C2H2O4/c15-14-12-4-2-1-3-11(12)5-6-13(14)18-10-8-16-7-9-17;3-1(4)2(5)6/h1-6,16-17H,7-10H2;(H,3,4)(H,5,6). The molecule has 0 unspecified atom stereocenters. The van der Waals surface area contributed by atoms with Gasteiger partial charge in [0.05, 0.1) is 11.1 Å². The molecular formula is C16H18BrNO6. The first-order chi connectivity index (χ1) is 11.5.